The largest absolute Gasteiger partial charge is 0.380 e. The van der Waals surface area contributed by atoms with Gasteiger partial charge >= 0.3 is 0 Å². The molecule has 5 heteroatoms. The summed E-state index contributed by atoms with van der Waals surface area (Å²) in [6.45, 7) is 6.40. The van der Waals surface area contributed by atoms with Crippen LogP contribution in [0.25, 0.3) is 0 Å². The minimum Gasteiger partial charge on any atom is -0.380 e. The Balaban J connectivity index is 1.83. The maximum Gasteiger partial charge on any atom is 0.182 e. The van der Waals surface area contributed by atoms with Gasteiger partial charge in [-0.1, -0.05) is 6.92 Å². The second-order valence-electron chi connectivity index (χ2n) is 4.79. The third-order valence-electron chi connectivity index (χ3n) is 3.25. The van der Waals surface area contributed by atoms with Crippen LogP contribution in [0.15, 0.2) is 6.20 Å². The second-order valence-corrected chi connectivity index (χ2v) is 5.91. The van der Waals surface area contributed by atoms with Gasteiger partial charge < -0.3 is 10.1 Å². The smallest absolute Gasteiger partial charge is 0.182 e. The minimum atomic E-state index is 0.407. The van der Waals surface area contributed by atoms with Crippen LogP contribution < -0.4 is 5.32 Å². The molecule has 0 spiro atoms. The Kier molecular flexibility index (Phi) is 5.41. The lowest BCUT2D eigenvalue weighted by Gasteiger charge is -2.31. The van der Waals surface area contributed by atoms with Crippen LogP contribution >= 0.6 is 11.3 Å². The van der Waals surface area contributed by atoms with Gasteiger partial charge in [-0.3, -0.25) is 4.90 Å². The Morgan fingerprint density at radius 2 is 2.50 bits per heavy atom. The summed E-state index contributed by atoms with van der Waals surface area (Å²) in [6.07, 6.45) is 5.97. The topological polar surface area (TPSA) is 37.4 Å². The van der Waals surface area contributed by atoms with Crippen molar-refractivity contribution in [1.82, 2.24) is 9.88 Å². The molecular formula is C13H23N3OS. The van der Waals surface area contributed by atoms with Gasteiger partial charge in [0.25, 0.3) is 0 Å². The molecule has 1 aliphatic heterocycles. The molecule has 2 rings (SSSR count). The van der Waals surface area contributed by atoms with Crippen LogP contribution in [0.4, 0.5) is 5.13 Å². The predicted molar refractivity (Wildman–Crippen MR) is 76.2 cm³/mol. The first kappa shape index (κ1) is 13.8. The highest BCUT2D eigenvalue weighted by Gasteiger charge is 2.19. The molecule has 2 heterocycles. The first-order valence-corrected chi connectivity index (χ1v) is 7.57. The normalized spacial score (nSPS) is 21.1. The van der Waals surface area contributed by atoms with Crippen molar-refractivity contribution in [2.24, 2.45) is 0 Å². The van der Waals surface area contributed by atoms with Crippen molar-refractivity contribution in [3.63, 3.8) is 0 Å². The number of aromatic nitrogens is 1. The maximum atomic E-state index is 5.45. The molecule has 1 unspecified atom stereocenters. The van der Waals surface area contributed by atoms with Crippen molar-refractivity contribution in [2.75, 3.05) is 32.1 Å². The predicted octanol–water partition coefficient (Wildman–Crippen LogP) is 2.58. The van der Waals surface area contributed by atoms with E-state index in [1.54, 1.807) is 11.3 Å². The summed E-state index contributed by atoms with van der Waals surface area (Å²) in [4.78, 5) is 8.21. The highest BCUT2D eigenvalue weighted by Crippen LogP contribution is 2.22. The van der Waals surface area contributed by atoms with Gasteiger partial charge in [0.1, 0.15) is 0 Å². The molecule has 1 N–H and O–H groups in total. The fourth-order valence-corrected chi connectivity index (χ4v) is 3.14. The van der Waals surface area contributed by atoms with E-state index < -0.39 is 0 Å². The lowest BCUT2D eigenvalue weighted by atomic mass is 10.1. The van der Waals surface area contributed by atoms with E-state index in [4.69, 9.17) is 4.74 Å². The maximum absolute atomic E-state index is 5.45. The molecule has 1 fully saturated rings. The summed E-state index contributed by atoms with van der Waals surface area (Å²) >= 11 is 1.77. The zero-order valence-electron chi connectivity index (χ0n) is 11.3. The Morgan fingerprint density at radius 3 is 3.28 bits per heavy atom. The lowest BCUT2D eigenvalue weighted by Crippen LogP contribution is -2.38. The zero-order valence-corrected chi connectivity index (χ0v) is 12.1. The van der Waals surface area contributed by atoms with E-state index in [0.29, 0.717) is 6.10 Å². The number of hydrogen-bond acceptors (Lipinski definition) is 5. The van der Waals surface area contributed by atoms with Crippen molar-refractivity contribution in [3.8, 4) is 0 Å². The second kappa shape index (κ2) is 7.07. The first-order valence-electron chi connectivity index (χ1n) is 6.75. The van der Waals surface area contributed by atoms with Crippen LogP contribution in [0.2, 0.25) is 0 Å². The molecule has 0 bridgehead atoms. The van der Waals surface area contributed by atoms with Crippen molar-refractivity contribution < 1.29 is 4.74 Å². The van der Waals surface area contributed by atoms with E-state index in [1.165, 1.54) is 24.3 Å². The molecule has 102 valence electrons. The summed E-state index contributed by atoms with van der Waals surface area (Å²) in [5, 5.41) is 4.38. The number of thiazole rings is 1. The molecule has 1 aliphatic rings. The van der Waals surface area contributed by atoms with Crippen molar-refractivity contribution in [2.45, 2.75) is 38.8 Å². The van der Waals surface area contributed by atoms with Gasteiger partial charge in [-0.05, 0) is 25.8 Å². The summed E-state index contributed by atoms with van der Waals surface area (Å²) in [5.41, 5.74) is 0. The molecule has 0 aliphatic carbocycles. The molecular weight excluding hydrogens is 246 g/mol. The summed E-state index contributed by atoms with van der Waals surface area (Å²) < 4.78 is 5.45. The Hall–Kier alpha value is -0.650. The molecule has 1 atom stereocenters. The number of piperidine rings is 1. The fourth-order valence-electron chi connectivity index (χ4n) is 2.26. The Bertz CT molecular complexity index is 356. The molecule has 18 heavy (non-hydrogen) atoms. The van der Waals surface area contributed by atoms with Gasteiger partial charge in [-0.2, -0.15) is 0 Å². The SMILES string of the molecule is CCCNc1ncc(CN2CCCC(OC)C2)s1. The Morgan fingerprint density at radius 1 is 1.61 bits per heavy atom. The van der Waals surface area contributed by atoms with Crippen molar-refractivity contribution in [3.05, 3.63) is 11.1 Å². The molecule has 0 radical (unpaired) electrons. The average molecular weight is 269 g/mol. The molecule has 1 aromatic heterocycles. The van der Waals surface area contributed by atoms with Crippen LogP contribution in [0.5, 0.6) is 0 Å². The summed E-state index contributed by atoms with van der Waals surface area (Å²) in [7, 11) is 1.81. The lowest BCUT2D eigenvalue weighted by molar-refractivity contribution is 0.0289. The van der Waals surface area contributed by atoms with Gasteiger partial charge in [0.05, 0.1) is 6.10 Å². The van der Waals surface area contributed by atoms with E-state index in [1.807, 2.05) is 13.3 Å². The van der Waals surface area contributed by atoms with Gasteiger partial charge in [-0.15, -0.1) is 11.3 Å². The first-order chi connectivity index (χ1) is 8.81. The average Bonchev–Trinajstić information content (AvgIpc) is 2.84. The number of nitrogens with zero attached hydrogens (tertiary/aromatic N) is 2. The third-order valence-corrected chi connectivity index (χ3v) is 4.19. The molecule has 4 nitrogen and oxygen atoms in total. The third kappa shape index (κ3) is 3.93. The molecule has 1 saturated heterocycles. The number of anilines is 1. The van der Waals surface area contributed by atoms with E-state index in [-0.39, 0.29) is 0 Å². The number of hydrogen-bond donors (Lipinski definition) is 1. The van der Waals surface area contributed by atoms with Gasteiger partial charge in [-0.25, -0.2) is 4.98 Å². The summed E-state index contributed by atoms with van der Waals surface area (Å²) in [5.74, 6) is 0. The van der Waals surface area contributed by atoms with Crippen LogP contribution in [-0.4, -0.2) is 42.7 Å². The fraction of sp³-hybridized carbons (Fsp3) is 0.769. The van der Waals surface area contributed by atoms with Crippen molar-refractivity contribution in [1.29, 1.82) is 0 Å². The van der Waals surface area contributed by atoms with Crippen LogP contribution in [0.3, 0.4) is 0 Å². The quantitative estimate of drug-likeness (QED) is 0.861. The van der Waals surface area contributed by atoms with E-state index >= 15 is 0 Å². The monoisotopic (exact) mass is 269 g/mol. The van der Waals surface area contributed by atoms with E-state index in [9.17, 15) is 0 Å². The van der Waals surface area contributed by atoms with E-state index in [0.717, 1.165) is 31.2 Å². The molecule has 0 aromatic carbocycles. The molecule has 0 amide bonds. The molecule has 0 saturated carbocycles. The number of likely N-dealkylation sites (tertiary alicyclic amines) is 1. The zero-order chi connectivity index (χ0) is 12.8. The highest BCUT2D eigenvalue weighted by molar-refractivity contribution is 7.15. The van der Waals surface area contributed by atoms with Gasteiger partial charge in [0.15, 0.2) is 5.13 Å². The van der Waals surface area contributed by atoms with Crippen LogP contribution in [0.1, 0.15) is 31.1 Å². The van der Waals surface area contributed by atoms with Gasteiger partial charge in [0.2, 0.25) is 0 Å². The summed E-state index contributed by atoms with van der Waals surface area (Å²) in [6, 6.07) is 0. The number of nitrogens with one attached hydrogen (secondary N) is 1. The van der Waals surface area contributed by atoms with Crippen LogP contribution in [-0.2, 0) is 11.3 Å². The van der Waals surface area contributed by atoms with Crippen molar-refractivity contribution >= 4 is 16.5 Å². The van der Waals surface area contributed by atoms with Gasteiger partial charge in [0, 0.05) is 37.8 Å². The number of rotatable bonds is 6. The minimum absolute atomic E-state index is 0.407. The van der Waals surface area contributed by atoms with Crippen LogP contribution in [0, 0.1) is 0 Å². The number of ether oxygens (including phenoxy) is 1. The van der Waals surface area contributed by atoms with E-state index in [2.05, 4.69) is 22.1 Å². The Labute approximate surface area is 113 Å². The molecule has 1 aromatic rings. The number of methoxy groups -OCH3 is 1. The standard InChI is InChI=1S/C13H23N3OS/c1-3-6-14-13-15-8-12(18-13)10-16-7-4-5-11(9-16)17-2/h8,11H,3-7,9-10H2,1-2H3,(H,14,15). The highest BCUT2D eigenvalue weighted by atomic mass is 32.1.